The number of benzene rings is 3. The van der Waals surface area contributed by atoms with E-state index in [0.29, 0.717) is 5.56 Å². The summed E-state index contributed by atoms with van der Waals surface area (Å²) in [4.78, 5) is 13.5. The van der Waals surface area contributed by atoms with Crippen LogP contribution in [0.25, 0.3) is 11.5 Å². The normalized spacial score (nSPS) is 11.2. The summed E-state index contributed by atoms with van der Waals surface area (Å²) in [6.45, 7) is 0. The van der Waals surface area contributed by atoms with Crippen molar-refractivity contribution in [3.8, 4) is 11.5 Å². The Labute approximate surface area is 193 Å². The van der Waals surface area contributed by atoms with Crippen LogP contribution in [0.4, 0.5) is 16.1 Å². The van der Waals surface area contributed by atoms with Gasteiger partial charge >= 0.3 is 6.01 Å². The Morgan fingerprint density at radius 1 is 1.00 bits per heavy atom. The first-order chi connectivity index (χ1) is 15.8. The zero-order valence-electron chi connectivity index (χ0n) is 17.2. The molecule has 0 spiro atoms. The van der Waals surface area contributed by atoms with Crippen LogP contribution in [0.15, 0.2) is 87.0 Å². The number of carbonyl (C=O) groups excluding carboxylic acids is 1. The lowest BCUT2D eigenvalue weighted by Gasteiger charge is -2.09. The minimum absolute atomic E-state index is 0.0955. The van der Waals surface area contributed by atoms with E-state index in [9.17, 15) is 17.6 Å². The third-order valence-corrected chi connectivity index (χ3v) is 6.59. The second-order valence-corrected chi connectivity index (χ2v) is 9.30. The maximum absolute atomic E-state index is 13.1. The Kier molecular flexibility index (Phi) is 6.43. The van der Waals surface area contributed by atoms with Crippen molar-refractivity contribution in [3.05, 3.63) is 84.2 Å². The Hall–Kier alpha value is -3.70. The second-order valence-electron chi connectivity index (χ2n) is 6.74. The first kappa shape index (κ1) is 22.5. The largest absolute Gasteiger partial charge is 0.403 e. The molecule has 0 unspecified atom stereocenters. The molecule has 0 fully saturated rings. The van der Waals surface area contributed by atoms with E-state index in [0.717, 1.165) is 29.2 Å². The molecule has 33 heavy (non-hydrogen) atoms. The van der Waals surface area contributed by atoms with E-state index < -0.39 is 21.7 Å². The van der Waals surface area contributed by atoms with Gasteiger partial charge in [0, 0.05) is 21.7 Å². The average Bonchev–Trinajstić information content (AvgIpc) is 3.28. The van der Waals surface area contributed by atoms with Crippen molar-refractivity contribution >= 4 is 39.4 Å². The first-order valence-corrected chi connectivity index (χ1v) is 12.2. The van der Waals surface area contributed by atoms with Gasteiger partial charge < -0.3 is 4.42 Å². The fraction of sp³-hybridized carbons (Fsp3) is 0.0455. The lowest BCUT2D eigenvalue weighted by Crippen LogP contribution is -2.15. The van der Waals surface area contributed by atoms with Gasteiger partial charge in [0.25, 0.3) is 15.9 Å². The molecule has 2 N–H and O–H groups in total. The third-order valence-electron chi connectivity index (χ3n) is 4.46. The number of hydrogen-bond acceptors (Lipinski definition) is 7. The van der Waals surface area contributed by atoms with Crippen molar-refractivity contribution in [2.45, 2.75) is 9.79 Å². The predicted octanol–water partition coefficient (Wildman–Crippen LogP) is 4.65. The molecule has 0 saturated heterocycles. The third kappa shape index (κ3) is 5.38. The number of aromatic nitrogens is 2. The zero-order valence-corrected chi connectivity index (χ0v) is 18.8. The quantitative estimate of drug-likeness (QED) is 0.367. The van der Waals surface area contributed by atoms with Gasteiger partial charge in [-0.1, -0.05) is 17.2 Å². The molecule has 4 aromatic rings. The summed E-state index contributed by atoms with van der Waals surface area (Å²) >= 11 is 1.57. The summed E-state index contributed by atoms with van der Waals surface area (Å²) in [6.07, 6.45) is 1.95. The van der Waals surface area contributed by atoms with Gasteiger partial charge in [-0.15, -0.1) is 16.9 Å². The molecule has 168 valence electrons. The number of anilines is 2. The number of amides is 1. The summed E-state index contributed by atoms with van der Waals surface area (Å²) in [5.74, 6) is -0.860. The van der Waals surface area contributed by atoms with Gasteiger partial charge in [0.05, 0.1) is 4.90 Å². The summed E-state index contributed by atoms with van der Waals surface area (Å²) in [5, 5.41) is 10.3. The van der Waals surface area contributed by atoms with E-state index in [1.165, 1.54) is 24.3 Å². The van der Waals surface area contributed by atoms with E-state index in [4.69, 9.17) is 4.42 Å². The zero-order chi connectivity index (χ0) is 23.4. The molecule has 0 bridgehead atoms. The van der Waals surface area contributed by atoms with Crippen LogP contribution >= 0.6 is 11.8 Å². The van der Waals surface area contributed by atoms with Crippen LogP contribution in [0.1, 0.15) is 10.4 Å². The summed E-state index contributed by atoms with van der Waals surface area (Å²) in [7, 11) is -3.96. The first-order valence-electron chi connectivity index (χ1n) is 9.52. The van der Waals surface area contributed by atoms with Crippen molar-refractivity contribution in [1.82, 2.24) is 10.2 Å². The molecule has 0 saturated carbocycles. The molecule has 1 aromatic heterocycles. The summed E-state index contributed by atoms with van der Waals surface area (Å²) in [6, 6.07) is 17.7. The van der Waals surface area contributed by atoms with E-state index in [1.807, 2.05) is 30.5 Å². The Morgan fingerprint density at radius 3 is 2.52 bits per heavy atom. The Bertz CT molecular complexity index is 1410. The molecule has 0 aliphatic carbocycles. The smallest absolute Gasteiger partial charge is 0.322 e. The standard InChI is InChI=1S/C22H17FN4O4S2/c1-32-18-7-3-5-15(13-18)21-25-26-22(31-21)24-20(28)14-4-2-6-17(12-14)27-33(29,30)19-10-8-16(23)9-11-19/h2-13,27H,1H3,(H,24,26,28). The molecule has 8 nitrogen and oxygen atoms in total. The lowest BCUT2D eigenvalue weighted by molar-refractivity contribution is 0.102. The van der Waals surface area contributed by atoms with Gasteiger partial charge in [-0.25, -0.2) is 12.8 Å². The van der Waals surface area contributed by atoms with Crippen molar-refractivity contribution in [3.63, 3.8) is 0 Å². The molecular weight excluding hydrogens is 467 g/mol. The fourth-order valence-electron chi connectivity index (χ4n) is 2.87. The number of nitrogens with one attached hydrogen (secondary N) is 2. The molecule has 3 aromatic carbocycles. The molecule has 0 aliphatic heterocycles. The van der Waals surface area contributed by atoms with Crippen LogP contribution in [0, 0.1) is 5.82 Å². The summed E-state index contributed by atoms with van der Waals surface area (Å²) in [5.41, 5.74) is 1.04. The number of halogens is 1. The lowest BCUT2D eigenvalue weighted by atomic mass is 10.2. The Morgan fingerprint density at radius 2 is 1.76 bits per heavy atom. The number of thioether (sulfide) groups is 1. The number of nitrogens with zero attached hydrogens (tertiary/aromatic N) is 2. The topological polar surface area (TPSA) is 114 Å². The molecule has 1 amide bonds. The summed E-state index contributed by atoms with van der Waals surface area (Å²) < 4.78 is 46.0. The molecule has 0 radical (unpaired) electrons. The number of hydrogen-bond donors (Lipinski definition) is 2. The number of carbonyl (C=O) groups is 1. The average molecular weight is 485 g/mol. The molecule has 0 atom stereocenters. The molecular formula is C22H17FN4O4S2. The van der Waals surface area contributed by atoms with Crippen molar-refractivity contribution in [1.29, 1.82) is 0 Å². The molecule has 0 aliphatic rings. The predicted molar refractivity (Wildman–Crippen MR) is 123 cm³/mol. The van der Waals surface area contributed by atoms with E-state index in [1.54, 1.807) is 11.8 Å². The van der Waals surface area contributed by atoms with Gasteiger partial charge in [0.2, 0.25) is 5.89 Å². The van der Waals surface area contributed by atoms with Crippen LogP contribution in [0.2, 0.25) is 0 Å². The maximum atomic E-state index is 13.1. The van der Waals surface area contributed by atoms with Crippen LogP contribution in [0.5, 0.6) is 0 Å². The van der Waals surface area contributed by atoms with Crippen molar-refractivity contribution in [2.24, 2.45) is 0 Å². The highest BCUT2D eigenvalue weighted by molar-refractivity contribution is 7.98. The van der Waals surface area contributed by atoms with E-state index in [-0.39, 0.29) is 28.1 Å². The van der Waals surface area contributed by atoms with Gasteiger partial charge in [0.15, 0.2) is 0 Å². The monoisotopic (exact) mass is 484 g/mol. The minimum Gasteiger partial charge on any atom is -0.403 e. The highest BCUT2D eigenvalue weighted by Gasteiger charge is 2.17. The van der Waals surface area contributed by atoms with Gasteiger partial charge in [0.1, 0.15) is 5.82 Å². The van der Waals surface area contributed by atoms with Crippen LogP contribution < -0.4 is 10.0 Å². The van der Waals surface area contributed by atoms with Crippen LogP contribution in [0.3, 0.4) is 0 Å². The SMILES string of the molecule is CSc1cccc(-c2nnc(NC(=O)c3cccc(NS(=O)(=O)c4ccc(F)cc4)c3)o2)c1. The molecule has 11 heteroatoms. The van der Waals surface area contributed by atoms with Gasteiger partial charge in [-0.3, -0.25) is 14.8 Å². The number of rotatable bonds is 7. The van der Waals surface area contributed by atoms with Gasteiger partial charge in [-0.05, 0) is 66.9 Å². The van der Waals surface area contributed by atoms with Crippen molar-refractivity contribution in [2.75, 3.05) is 16.3 Å². The minimum atomic E-state index is -3.96. The second kappa shape index (κ2) is 9.43. The Balaban J connectivity index is 1.48. The molecule has 1 heterocycles. The fourth-order valence-corrected chi connectivity index (χ4v) is 4.38. The number of sulfonamides is 1. The highest BCUT2D eigenvalue weighted by atomic mass is 32.2. The van der Waals surface area contributed by atoms with Crippen LogP contribution in [-0.4, -0.2) is 30.8 Å². The van der Waals surface area contributed by atoms with Crippen LogP contribution in [-0.2, 0) is 10.0 Å². The van der Waals surface area contributed by atoms with Crippen molar-refractivity contribution < 1.29 is 22.0 Å². The van der Waals surface area contributed by atoms with Gasteiger partial charge in [-0.2, -0.15) is 0 Å². The maximum Gasteiger partial charge on any atom is 0.322 e. The molecule has 4 rings (SSSR count). The highest BCUT2D eigenvalue weighted by Crippen LogP contribution is 2.25. The van der Waals surface area contributed by atoms with E-state index in [2.05, 4.69) is 20.2 Å². The van der Waals surface area contributed by atoms with E-state index >= 15 is 0 Å².